The van der Waals surface area contributed by atoms with Gasteiger partial charge >= 0.3 is 0 Å². The molecule has 0 spiro atoms. The van der Waals surface area contributed by atoms with Crippen molar-refractivity contribution >= 4 is 11.4 Å². The standard InChI is InChI=1S/C17H23N3O/c21-18-16-13-6-7-14(12-13)17(16)20-10-8-19(9-11-20)15-4-2-1-3-5-15/h1-5,13-14,17,21H,6-12H2/b18-16+/t13-,14+,17+/m0/s1. The summed E-state index contributed by atoms with van der Waals surface area (Å²) in [5.41, 5.74) is 2.39. The average Bonchev–Trinajstić information content (AvgIpc) is 3.16. The van der Waals surface area contributed by atoms with Gasteiger partial charge in [-0.15, -0.1) is 0 Å². The highest BCUT2D eigenvalue weighted by Crippen LogP contribution is 2.45. The Labute approximate surface area is 126 Å². The zero-order valence-electron chi connectivity index (χ0n) is 12.4. The first-order chi connectivity index (χ1) is 10.4. The van der Waals surface area contributed by atoms with Crippen LogP contribution in [0.25, 0.3) is 0 Å². The third-order valence-corrected chi connectivity index (χ3v) is 5.59. The summed E-state index contributed by atoms with van der Waals surface area (Å²) in [6.07, 6.45) is 3.78. The number of fused-ring (bicyclic) bond motifs is 2. The SMILES string of the molecule is O/N=C1\[C@H]2CC[C@H](C2)[C@H]1N1CCN(c2ccccc2)CC1. The molecule has 0 radical (unpaired) electrons. The van der Waals surface area contributed by atoms with E-state index in [1.54, 1.807) is 0 Å². The Kier molecular flexibility index (Phi) is 3.34. The van der Waals surface area contributed by atoms with Crippen LogP contribution in [0, 0.1) is 11.8 Å². The molecular weight excluding hydrogens is 262 g/mol. The van der Waals surface area contributed by atoms with Gasteiger partial charge in [-0.25, -0.2) is 0 Å². The monoisotopic (exact) mass is 285 g/mol. The van der Waals surface area contributed by atoms with Gasteiger partial charge < -0.3 is 10.1 Å². The molecule has 4 rings (SSSR count). The fourth-order valence-electron chi connectivity index (χ4n) is 4.58. The smallest absolute Gasteiger partial charge is 0.0775 e. The Hall–Kier alpha value is -1.55. The average molecular weight is 285 g/mol. The highest BCUT2D eigenvalue weighted by molar-refractivity contribution is 5.94. The van der Waals surface area contributed by atoms with Crippen molar-refractivity contribution in [2.75, 3.05) is 31.1 Å². The molecule has 1 aromatic carbocycles. The number of nitrogens with zero attached hydrogens (tertiary/aromatic N) is 3. The molecule has 0 aromatic heterocycles. The van der Waals surface area contributed by atoms with Crippen molar-refractivity contribution in [3.8, 4) is 0 Å². The molecule has 4 nitrogen and oxygen atoms in total. The number of piperazine rings is 1. The Balaban J connectivity index is 1.44. The van der Waals surface area contributed by atoms with Gasteiger partial charge in [0.2, 0.25) is 0 Å². The molecule has 2 saturated carbocycles. The van der Waals surface area contributed by atoms with Gasteiger partial charge in [0.05, 0.1) is 11.8 Å². The van der Waals surface area contributed by atoms with Crippen LogP contribution in [0.5, 0.6) is 0 Å². The van der Waals surface area contributed by atoms with E-state index in [9.17, 15) is 5.21 Å². The van der Waals surface area contributed by atoms with Crippen molar-refractivity contribution in [3.63, 3.8) is 0 Å². The van der Waals surface area contributed by atoms with Crippen LogP contribution < -0.4 is 4.90 Å². The third kappa shape index (κ3) is 2.22. The lowest BCUT2D eigenvalue weighted by atomic mass is 9.91. The van der Waals surface area contributed by atoms with Crippen LogP contribution in [0.3, 0.4) is 0 Å². The summed E-state index contributed by atoms with van der Waals surface area (Å²) in [6, 6.07) is 11.1. The fourth-order valence-corrected chi connectivity index (χ4v) is 4.58. The van der Waals surface area contributed by atoms with Crippen LogP contribution in [0.15, 0.2) is 35.5 Å². The van der Waals surface area contributed by atoms with Crippen molar-refractivity contribution in [1.82, 2.24) is 4.90 Å². The number of anilines is 1. The van der Waals surface area contributed by atoms with Crippen LogP contribution in [0.4, 0.5) is 5.69 Å². The minimum Gasteiger partial charge on any atom is -0.411 e. The Morgan fingerprint density at radius 1 is 1.00 bits per heavy atom. The van der Waals surface area contributed by atoms with Crippen molar-refractivity contribution in [2.24, 2.45) is 17.0 Å². The molecule has 112 valence electrons. The topological polar surface area (TPSA) is 39.1 Å². The number of hydrogen-bond donors (Lipinski definition) is 1. The maximum absolute atomic E-state index is 9.37. The van der Waals surface area contributed by atoms with Crippen LogP contribution in [-0.2, 0) is 0 Å². The van der Waals surface area contributed by atoms with Crippen molar-refractivity contribution in [2.45, 2.75) is 25.3 Å². The molecule has 1 N–H and O–H groups in total. The summed E-state index contributed by atoms with van der Waals surface area (Å²) in [6.45, 7) is 4.27. The predicted octanol–water partition coefficient (Wildman–Crippen LogP) is 2.44. The van der Waals surface area contributed by atoms with E-state index in [0.29, 0.717) is 12.0 Å². The molecule has 0 unspecified atom stereocenters. The molecular formula is C17H23N3O. The van der Waals surface area contributed by atoms with E-state index in [2.05, 4.69) is 45.3 Å². The quantitative estimate of drug-likeness (QED) is 0.670. The van der Waals surface area contributed by atoms with Gasteiger partial charge in [0.25, 0.3) is 0 Å². The van der Waals surface area contributed by atoms with E-state index >= 15 is 0 Å². The largest absolute Gasteiger partial charge is 0.411 e. The van der Waals surface area contributed by atoms with E-state index in [4.69, 9.17) is 0 Å². The lowest BCUT2D eigenvalue weighted by Gasteiger charge is -2.41. The van der Waals surface area contributed by atoms with E-state index in [1.165, 1.54) is 24.9 Å². The molecule has 2 bridgehead atoms. The third-order valence-electron chi connectivity index (χ3n) is 5.59. The zero-order valence-corrected chi connectivity index (χ0v) is 12.4. The second-order valence-electron chi connectivity index (χ2n) is 6.60. The number of hydrogen-bond acceptors (Lipinski definition) is 4. The van der Waals surface area contributed by atoms with Crippen LogP contribution in [0.1, 0.15) is 19.3 Å². The number of rotatable bonds is 2. The number of para-hydroxylation sites is 1. The van der Waals surface area contributed by atoms with Gasteiger partial charge in [-0.2, -0.15) is 0 Å². The first-order valence-corrected chi connectivity index (χ1v) is 8.12. The van der Waals surface area contributed by atoms with Gasteiger partial charge in [-0.3, -0.25) is 4.90 Å². The van der Waals surface area contributed by atoms with E-state index < -0.39 is 0 Å². The molecule has 3 aliphatic rings. The van der Waals surface area contributed by atoms with Crippen LogP contribution in [0.2, 0.25) is 0 Å². The minimum absolute atomic E-state index is 0.409. The minimum atomic E-state index is 0.409. The molecule has 2 aliphatic carbocycles. The molecule has 3 fully saturated rings. The van der Waals surface area contributed by atoms with E-state index in [-0.39, 0.29) is 0 Å². The van der Waals surface area contributed by atoms with E-state index in [1.807, 2.05) is 0 Å². The summed E-state index contributed by atoms with van der Waals surface area (Å²) < 4.78 is 0. The Morgan fingerprint density at radius 2 is 1.76 bits per heavy atom. The second kappa shape index (κ2) is 5.34. The number of oxime groups is 1. The Morgan fingerprint density at radius 3 is 2.48 bits per heavy atom. The molecule has 1 heterocycles. The van der Waals surface area contributed by atoms with Gasteiger partial charge in [-0.1, -0.05) is 23.4 Å². The highest BCUT2D eigenvalue weighted by Gasteiger charge is 2.48. The van der Waals surface area contributed by atoms with Crippen molar-refractivity contribution < 1.29 is 5.21 Å². The van der Waals surface area contributed by atoms with Gasteiger partial charge in [0.15, 0.2) is 0 Å². The first kappa shape index (κ1) is 13.1. The normalized spacial score (nSPS) is 34.8. The summed E-state index contributed by atoms with van der Waals surface area (Å²) in [5, 5.41) is 13.0. The molecule has 0 amide bonds. The van der Waals surface area contributed by atoms with Crippen LogP contribution >= 0.6 is 0 Å². The van der Waals surface area contributed by atoms with Crippen molar-refractivity contribution in [3.05, 3.63) is 30.3 Å². The summed E-state index contributed by atoms with van der Waals surface area (Å²) in [5.74, 6) is 1.28. The van der Waals surface area contributed by atoms with Gasteiger partial charge in [-0.05, 0) is 37.3 Å². The maximum Gasteiger partial charge on any atom is 0.0775 e. The molecule has 3 atom stereocenters. The molecule has 1 aromatic rings. The van der Waals surface area contributed by atoms with Gasteiger partial charge in [0, 0.05) is 37.8 Å². The zero-order chi connectivity index (χ0) is 14.2. The van der Waals surface area contributed by atoms with Crippen LogP contribution in [-0.4, -0.2) is 48.0 Å². The first-order valence-electron chi connectivity index (χ1n) is 8.12. The Bertz CT molecular complexity index is 522. The highest BCUT2D eigenvalue weighted by atomic mass is 16.4. The summed E-state index contributed by atoms with van der Waals surface area (Å²) in [7, 11) is 0. The van der Waals surface area contributed by atoms with Crippen molar-refractivity contribution in [1.29, 1.82) is 0 Å². The predicted molar refractivity (Wildman–Crippen MR) is 84.1 cm³/mol. The maximum atomic E-state index is 9.37. The van der Waals surface area contributed by atoms with Gasteiger partial charge in [0.1, 0.15) is 0 Å². The van der Waals surface area contributed by atoms with E-state index in [0.717, 1.165) is 37.8 Å². The fraction of sp³-hybridized carbons (Fsp3) is 0.588. The summed E-state index contributed by atoms with van der Waals surface area (Å²) >= 11 is 0. The molecule has 4 heteroatoms. The molecule has 1 saturated heterocycles. The second-order valence-corrected chi connectivity index (χ2v) is 6.60. The molecule has 1 aliphatic heterocycles. The summed E-state index contributed by atoms with van der Waals surface area (Å²) in [4.78, 5) is 5.01. The lowest BCUT2D eigenvalue weighted by molar-refractivity contribution is 0.181. The molecule has 21 heavy (non-hydrogen) atoms. The lowest BCUT2D eigenvalue weighted by Crippen LogP contribution is -2.54. The number of benzene rings is 1.